The largest absolute Gasteiger partial charge is 0.448 e. The molecule has 14 heteroatoms. The summed E-state index contributed by atoms with van der Waals surface area (Å²) in [4.78, 5) is 54.0. The minimum atomic E-state index is -1.78. The molecule has 1 fully saturated rings. The average molecular weight is 645 g/mol. The molecule has 0 spiro atoms. The van der Waals surface area contributed by atoms with Gasteiger partial charge >= 0.3 is 12.1 Å². The molecule has 11 nitrogen and oxygen atoms in total. The molecule has 1 aromatic heterocycles. The van der Waals surface area contributed by atoms with Crippen LogP contribution in [0, 0.1) is 0 Å². The molecule has 2 aromatic carbocycles. The topological polar surface area (TPSA) is 163 Å². The van der Waals surface area contributed by atoms with E-state index in [1.54, 1.807) is 17.5 Å². The number of thiophene rings is 1. The van der Waals surface area contributed by atoms with Crippen LogP contribution in [-0.4, -0.2) is 59.3 Å². The van der Waals surface area contributed by atoms with E-state index in [0.29, 0.717) is 21.6 Å². The highest BCUT2D eigenvalue weighted by atomic mass is 35.5. The second-order valence-corrected chi connectivity index (χ2v) is 11.5. The molecule has 2 aliphatic heterocycles. The third-order valence-corrected chi connectivity index (χ3v) is 9.21. The Morgan fingerprint density at radius 1 is 1.05 bits per heavy atom. The Morgan fingerprint density at radius 2 is 1.67 bits per heavy atom. The van der Waals surface area contributed by atoms with E-state index in [-0.39, 0.29) is 30.5 Å². The quantitative estimate of drug-likeness (QED) is 0.171. The number of carbonyl (C=O) groups is 4. The van der Waals surface area contributed by atoms with Crippen LogP contribution in [0.1, 0.15) is 28.1 Å². The van der Waals surface area contributed by atoms with Crippen molar-refractivity contribution < 1.29 is 33.4 Å². The van der Waals surface area contributed by atoms with Crippen molar-refractivity contribution in [3.63, 3.8) is 0 Å². The fraction of sp³-hybridized carbons (Fsp3) is 0.241. The van der Waals surface area contributed by atoms with E-state index in [1.807, 2.05) is 60.7 Å². The molecule has 1 unspecified atom stereocenters. The number of hydrogen-bond donors (Lipinski definition) is 3. The lowest BCUT2D eigenvalue weighted by Gasteiger charge is -2.56. The van der Waals surface area contributed by atoms with E-state index in [0.717, 1.165) is 0 Å². The van der Waals surface area contributed by atoms with Crippen molar-refractivity contribution in [2.24, 2.45) is 11.5 Å². The van der Waals surface area contributed by atoms with Crippen LogP contribution in [0.5, 0.6) is 0 Å². The molecule has 5 N–H and O–H groups in total. The Hall–Kier alpha value is -3.88. The zero-order chi connectivity index (χ0) is 29.9. The molecule has 43 heavy (non-hydrogen) atoms. The van der Waals surface area contributed by atoms with Crippen LogP contribution in [0.25, 0.3) is 0 Å². The molecule has 1 saturated heterocycles. The first kappa shape index (κ1) is 32.0. The number of ether oxygens (including phenoxy) is 3. The van der Waals surface area contributed by atoms with Crippen molar-refractivity contribution in [2.75, 3.05) is 19.5 Å². The Labute approximate surface area is 261 Å². The Morgan fingerprint density at radius 3 is 2.21 bits per heavy atom. The molecule has 0 bridgehead atoms. The number of benzene rings is 2. The van der Waals surface area contributed by atoms with E-state index in [9.17, 15) is 19.2 Å². The zero-order valence-corrected chi connectivity index (χ0v) is 25.3. The molecule has 3 atom stereocenters. The number of β-lactam (4-membered cyclic amide) rings is 1. The van der Waals surface area contributed by atoms with E-state index in [2.05, 4.69) is 5.32 Å². The van der Waals surface area contributed by atoms with Crippen LogP contribution in [0.4, 0.5) is 4.79 Å². The number of amides is 3. The first-order chi connectivity index (χ1) is 20.3. The van der Waals surface area contributed by atoms with Gasteiger partial charge in [0.1, 0.15) is 23.7 Å². The monoisotopic (exact) mass is 644 g/mol. The van der Waals surface area contributed by atoms with Gasteiger partial charge in [0.2, 0.25) is 5.91 Å². The molecular weight excluding hydrogens is 616 g/mol. The minimum Gasteiger partial charge on any atom is -0.448 e. The highest BCUT2D eigenvalue weighted by Crippen LogP contribution is 2.47. The number of hydrogen-bond acceptors (Lipinski definition) is 10. The number of nitrogens with two attached hydrogens (primary N) is 2. The lowest BCUT2D eigenvalue weighted by atomic mass is 9.97. The number of thioether (sulfide) groups is 1. The summed E-state index contributed by atoms with van der Waals surface area (Å²) in [6, 6.07) is 20.8. The molecule has 5 rings (SSSR count). The van der Waals surface area contributed by atoms with Gasteiger partial charge in [-0.1, -0.05) is 66.7 Å². The third-order valence-electron chi connectivity index (χ3n) is 6.88. The van der Waals surface area contributed by atoms with Crippen molar-refractivity contribution in [1.82, 2.24) is 10.2 Å². The number of nitrogens with one attached hydrogen (secondary N) is 1. The Balaban J connectivity index is 0.00000423. The van der Waals surface area contributed by atoms with E-state index in [4.69, 9.17) is 25.7 Å². The molecule has 3 heterocycles. The lowest BCUT2D eigenvalue weighted by Crippen LogP contribution is -2.81. The molecule has 0 aliphatic carbocycles. The Bertz CT molecular complexity index is 1470. The van der Waals surface area contributed by atoms with Crippen LogP contribution in [0.15, 0.2) is 89.4 Å². The van der Waals surface area contributed by atoms with Crippen molar-refractivity contribution in [3.8, 4) is 0 Å². The van der Waals surface area contributed by atoms with E-state index >= 15 is 0 Å². The molecule has 3 aromatic rings. The normalized spacial score (nSPS) is 19.9. The first-order valence-electron chi connectivity index (χ1n) is 12.8. The summed E-state index contributed by atoms with van der Waals surface area (Å²) >= 11 is 2.53. The van der Waals surface area contributed by atoms with Gasteiger partial charge in [-0.05, 0) is 22.6 Å². The predicted octanol–water partition coefficient (Wildman–Crippen LogP) is 3.23. The predicted molar refractivity (Wildman–Crippen MR) is 163 cm³/mol. The van der Waals surface area contributed by atoms with E-state index in [1.165, 1.54) is 35.1 Å². The molecular formula is C29H29ClN4O7S2. The smallest absolute Gasteiger partial charge is 0.404 e. The fourth-order valence-electron chi connectivity index (χ4n) is 4.81. The maximum absolute atomic E-state index is 13.9. The summed E-state index contributed by atoms with van der Waals surface area (Å²) < 4.78 is 16.7. The van der Waals surface area contributed by atoms with Crippen LogP contribution >= 0.6 is 35.5 Å². The number of nitrogens with zero attached hydrogens (tertiary/aromatic N) is 1. The van der Waals surface area contributed by atoms with Crippen molar-refractivity contribution >= 4 is 59.4 Å². The average Bonchev–Trinajstić information content (AvgIpc) is 3.56. The van der Waals surface area contributed by atoms with Gasteiger partial charge in [0.15, 0.2) is 6.10 Å². The number of primary amides is 1. The van der Waals surface area contributed by atoms with Gasteiger partial charge in [0.25, 0.3) is 11.6 Å². The summed E-state index contributed by atoms with van der Waals surface area (Å²) in [6.07, 6.45) is -1.84. The zero-order valence-electron chi connectivity index (χ0n) is 22.8. The fourth-order valence-corrected chi connectivity index (χ4v) is 6.95. The van der Waals surface area contributed by atoms with Crippen molar-refractivity contribution in [3.05, 3.63) is 105 Å². The molecule has 0 saturated carbocycles. The first-order valence-corrected chi connectivity index (χ1v) is 14.8. The van der Waals surface area contributed by atoms with Gasteiger partial charge in [-0.3, -0.25) is 14.5 Å². The number of rotatable bonds is 10. The van der Waals surface area contributed by atoms with Gasteiger partial charge in [-0.2, -0.15) is 0 Å². The standard InChI is InChI=1S/C29H28N4O7S2.ClH/c1-38-29(32-24(34)21(30)20-13-8-14-41-20)26(36)33-22(19(15-39-28(31)37)16-42-27(29)33)25(35)40-23(17-9-4-2-5-10-17)18-11-6-3-7-12-18;/h2-14,21,23,27H,15-16,30H2,1H3,(H2,31,37)(H,32,34);1H/t21?,27-,29+;/m1./s1. The number of fused-ring (bicyclic) bond motifs is 1. The number of esters is 1. The maximum Gasteiger partial charge on any atom is 0.404 e. The highest BCUT2D eigenvalue weighted by molar-refractivity contribution is 8.00. The summed E-state index contributed by atoms with van der Waals surface area (Å²) in [5, 5.41) is 3.62. The van der Waals surface area contributed by atoms with Gasteiger partial charge in [-0.15, -0.1) is 35.5 Å². The summed E-state index contributed by atoms with van der Waals surface area (Å²) in [5.74, 6) is -1.97. The van der Waals surface area contributed by atoms with Crippen LogP contribution < -0.4 is 16.8 Å². The summed E-state index contributed by atoms with van der Waals surface area (Å²) in [7, 11) is 1.29. The minimum absolute atomic E-state index is 0. The second kappa shape index (κ2) is 13.6. The number of methoxy groups -OCH3 is 1. The maximum atomic E-state index is 13.9. The van der Waals surface area contributed by atoms with Gasteiger partial charge in [0, 0.05) is 23.3 Å². The van der Waals surface area contributed by atoms with Crippen LogP contribution in [0.3, 0.4) is 0 Å². The molecule has 3 amide bonds. The number of halogens is 1. The van der Waals surface area contributed by atoms with Crippen LogP contribution in [-0.2, 0) is 28.6 Å². The third kappa shape index (κ3) is 6.26. The lowest BCUT2D eigenvalue weighted by molar-refractivity contribution is -0.193. The van der Waals surface area contributed by atoms with Crippen molar-refractivity contribution in [2.45, 2.75) is 23.2 Å². The van der Waals surface area contributed by atoms with Gasteiger partial charge in [0.05, 0.1) is 0 Å². The van der Waals surface area contributed by atoms with E-state index < -0.39 is 47.1 Å². The Kier molecular flexibility index (Phi) is 10.1. The molecule has 2 aliphatic rings. The SMILES string of the molecule is CO[C@@]1(NC(=O)C(N)c2cccs2)C(=O)N2C(C(=O)OC(c3ccccc3)c3ccccc3)=C(COC(N)=O)CS[C@@H]21.Cl. The second-order valence-electron chi connectivity index (χ2n) is 9.43. The van der Waals surface area contributed by atoms with Gasteiger partial charge in [-0.25, -0.2) is 9.59 Å². The van der Waals surface area contributed by atoms with Gasteiger partial charge < -0.3 is 31.0 Å². The van der Waals surface area contributed by atoms with Crippen LogP contribution in [0.2, 0.25) is 0 Å². The summed E-state index contributed by atoms with van der Waals surface area (Å²) in [6.45, 7) is -0.333. The number of carbonyl (C=O) groups excluding carboxylic acids is 4. The highest BCUT2D eigenvalue weighted by Gasteiger charge is 2.67. The molecule has 0 radical (unpaired) electrons. The summed E-state index contributed by atoms with van der Waals surface area (Å²) in [5.41, 5.74) is 11.2. The van der Waals surface area contributed by atoms with Crippen molar-refractivity contribution in [1.29, 1.82) is 0 Å². The molecule has 226 valence electrons.